The SMILES string of the molecule is Cc1ccccc1CCNC(=O)C(C)(C)C(N)=NO. The van der Waals surface area contributed by atoms with Gasteiger partial charge in [-0.15, -0.1) is 0 Å². The summed E-state index contributed by atoms with van der Waals surface area (Å²) in [6.45, 7) is 5.79. The van der Waals surface area contributed by atoms with Crippen LogP contribution < -0.4 is 11.1 Å². The molecule has 0 atom stereocenters. The minimum absolute atomic E-state index is 0.0964. The Kier molecular flexibility index (Phi) is 4.92. The Balaban J connectivity index is 2.55. The molecule has 19 heavy (non-hydrogen) atoms. The van der Waals surface area contributed by atoms with E-state index in [1.54, 1.807) is 13.8 Å². The molecule has 0 fully saturated rings. The molecular formula is C14H21N3O2. The summed E-state index contributed by atoms with van der Waals surface area (Å²) in [6.07, 6.45) is 0.755. The number of amidine groups is 1. The van der Waals surface area contributed by atoms with Gasteiger partial charge in [-0.3, -0.25) is 4.79 Å². The van der Waals surface area contributed by atoms with Crippen LogP contribution in [0.3, 0.4) is 0 Å². The molecule has 1 aromatic carbocycles. The molecule has 5 heteroatoms. The first kappa shape index (κ1) is 15.0. The number of nitrogens with zero attached hydrogens (tertiary/aromatic N) is 1. The lowest BCUT2D eigenvalue weighted by atomic mass is 9.91. The second-order valence-corrected chi connectivity index (χ2v) is 5.04. The average Bonchev–Trinajstić information content (AvgIpc) is 2.39. The second kappa shape index (κ2) is 6.22. The van der Waals surface area contributed by atoms with Crippen molar-refractivity contribution in [2.45, 2.75) is 27.2 Å². The van der Waals surface area contributed by atoms with Gasteiger partial charge in [-0.25, -0.2) is 0 Å². The summed E-state index contributed by atoms with van der Waals surface area (Å²) in [7, 11) is 0. The smallest absolute Gasteiger partial charge is 0.233 e. The van der Waals surface area contributed by atoms with Gasteiger partial charge in [0.1, 0.15) is 5.41 Å². The van der Waals surface area contributed by atoms with E-state index in [1.807, 2.05) is 31.2 Å². The molecule has 4 N–H and O–H groups in total. The van der Waals surface area contributed by atoms with Crippen LogP contribution in [0.5, 0.6) is 0 Å². The van der Waals surface area contributed by atoms with Crippen molar-refractivity contribution in [2.75, 3.05) is 6.54 Å². The van der Waals surface area contributed by atoms with Crippen LogP contribution in [0.25, 0.3) is 0 Å². The molecule has 0 radical (unpaired) electrons. The number of oxime groups is 1. The summed E-state index contributed by atoms with van der Waals surface area (Å²) in [5.41, 5.74) is 6.88. The number of hydrogen-bond donors (Lipinski definition) is 3. The highest BCUT2D eigenvalue weighted by molar-refractivity contribution is 6.05. The van der Waals surface area contributed by atoms with Gasteiger partial charge in [0.25, 0.3) is 0 Å². The Morgan fingerprint density at radius 2 is 2.05 bits per heavy atom. The first-order valence-electron chi connectivity index (χ1n) is 6.20. The normalized spacial score (nSPS) is 12.3. The number of amides is 1. The molecular weight excluding hydrogens is 242 g/mol. The van der Waals surface area contributed by atoms with Crippen molar-refractivity contribution in [1.82, 2.24) is 5.32 Å². The van der Waals surface area contributed by atoms with Gasteiger partial charge < -0.3 is 16.3 Å². The fourth-order valence-corrected chi connectivity index (χ4v) is 1.66. The lowest BCUT2D eigenvalue weighted by molar-refractivity contribution is -0.126. The van der Waals surface area contributed by atoms with Crippen molar-refractivity contribution >= 4 is 11.7 Å². The van der Waals surface area contributed by atoms with E-state index in [2.05, 4.69) is 10.5 Å². The molecule has 0 aliphatic carbocycles. The third-order valence-electron chi connectivity index (χ3n) is 3.26. The highest BCUT2D eigenvalue weighted by Gasteiger charge is 2.32. The van der Waals surface area contributed by atoms with E-state index in [-0.39, 0.29) is 11.7 Å². The molecule has 0 spiro atoms. The van der Waals surface area contributed by atoms with Crippen LogP contribution in [0.4, 0.5) is 0 Å². The van der Waals surface area contributed by atoms with Crippen LogP contribution in [-0.4, -0.2) is 23.5 Å². The fraction of sp³-hybridized carbons (Fsp3) is 0.429. The predicted octanol–water partition coefficient (Wildman–Crippen LogP) is 1.43. The Bertz CT molecular complexity index is 481. The number of rotatable bonds is 5. The van der Waals surface area contributed by atoms with Crippen LogP contribution in [0.15, 0.2) is 29.4 Å². The van der Waals surface area contributed by atoms with Gasteiger partial charge in [0.05, 0.1) is 0 Å². The van der Waals surface area contributed by atoms with Gasteiger partial charge in [0, 0.05) is 6.54 Å². The molecule has 0 aliphatic heterocycles. The van der Waals surface area contributed by atoms with Crippen LogP contribution in [0.1, 0.15) is 25.0 Å². The highest BCUT2D eigenvalue weighted by atomic mass is 16.4. The quantitative estimate of drug-likeness (QED) is 0.325. The number of benzene rings is 1. The molecule has 104 valence electrons. The first-order chi connectivity index (χ1) is 8.89. The standard InChI is InChI=1S/C14H21N3O2/c1-10-6-4-5-7-11(10)8-9-16-13(18)14(2,3)12(15)17-19/h4-7,19H,8-9H2,1-3H3,(H2,15,17)(H,16,18). The molecule has 0 saturated heterocycles. The lowest BCUT2D eigenvalue weighted by Crippen LogP contribution is -2.46. The van der Waals surface area contributed by atoms with E-state index in [1.165, 1.54) is 11.1 Å². The number of nitrogens with two attached hydrogens (primary N) is 1. The third kappa shape index (κ3) is 3.71. The minimum atomic E-state index is -1.01. The van der Waals surface area contributed by atoms with Crippen molar-refractivity contribution in [2.24, 2.45) is 16.3 Å². The molecule has 0 unspecified atom stereocenters. The van der Waals surface area contributed by atoms with Crippen LogP contribution in [0, 0.1) is 12.3 Å². The third-order valence-corrected chi connectivity index (χ3v) is 3.26. The summed E-state index contributed by atoms with van der Waals surface area (Å²) in [5, 5.41) is 14.3. The van der Waals surface area contributed by atoms with E-state index in [9.17, 15) is 4.79 Å². The zero-order valence-corrected chi connectivity index (χ0v) is 11.6. The number of aryl methyl sites for hydroxylation is 1. The van der Waals surface area contributed by atoms with Crippen LogP contribution >= 0.6 is 0 Å². The molecule has 5 nitrogen and oxygen atoms in total. The molecule has 1 amide bonds. The highest BCUT2D eigenvalue weighted by Crippen LogP contribution is 2.15. The lowest BCUT2D eigenvalue weighted by Gasteiger charge is -2.21. The van der Waals surface area contributed by atoms with Gasteiger partial charge in [0.2, 0.25) is 5.91 Å². The number of hydrogen-bond acceptors (Lipinski definition) is 3. The predicted molar refractivity (Wildman–Crippen MR) is 75.1 cm³/mol. The summed E-state index contributed by atoms with van der Waals surface area (Å²) < 4.78 is 0. The molecule has 0 saturated carbocycles. The molecule has 0 aromatic heterocycles. The Morgan fingerprint density at radius 3 is 2.63 bits per heavy atom. The maximum absolute atomic E-state index is 12.0. The summed E-state index contributed by atoms with van der Waals surface area (Å²) in [4.78, 5) is 12.0. The van der Waals surface area contributed by atoms with E-state index in [0.29, 0.717) is 6.54 Å². The van der Waals surface area contributed by atoms with Crippen molar-refractivity contribution < 1.29 is 10.0 Å². The Hall–Kier alpha value is -2.04. The zero-order chi connectivity index (χ0) is 14.5. The first-order valence-corrected chi connectivity index (χ1v) is 6.20. The van der Waals surface area contributed by atoms with Gasteiger partial charge in [-0.2, -0.15) is 0 Å². The Morgan fingerprint density at radius 1 is 1.42 bits per heavy atom. The fourth-order valence-electron chi connectivity index (χ4n) is 1.66. The van der Waals surface area contributed by atoms with E-state index < -0.39 is 5.41 Å². The van der Waals surface area contributed by atoms with Crippen molar-refractivity contribution in [3.8, 4) is 0 Å². The molecule has 0 aliphatic rings. The average molecular weight is 263 g/mol. The molecule has 0 heterocycles. The van der Waals surface area contributed by atoms with Gasteiger partial charge in [0.15, 0.2) is 5.84 Å². The number of carbonyl (C=O) groups excluding carboxylic acids is 1. The van der Waals surface area contributed by atoms with E-state index >= 15 is 0 Å². The molecule has 0 bridgehead atoms. The van der Waals surface area contributed by atoms with Crippen molar-refractivity contribution in [3.05, 3.63) is 35.4 Å². The molecule has 1 rings (SSSR count). The van der Waals surface area contributed by atoms with E-state index in [4.69, 9.17) is 10.9 Å². The summed E-state index contributed by atoms with van der Waals surface area (Å²) >= 11 is 0. The summed E-state index contributed by atoms with van der Waals surface area (Å²) in [6, 6.07) is 8.04. The zero-order valence-electron chi connectivity index (χ0n) is 11.6. The van der Waals surface area contributed by atoms with Crippen LogP contribution in [-0.2, 0) is 11.2 Å². The van der Waals surface area contributed by atoms with Gasteiger partial charge >= 0.3 is 0 Å². The molecule has 1 aromatic rings. The maximum Gasteiger partial charge on any atom is 0.233 e. The van der Waals surface area contributed by atoms with Gasteiger partial charge in [-0.05, 0) is 38.3 Å². The monoisotopic (exact) mass is 263 g/mol. The largest absolute Gasteiger partial charge is 0.409 e. The maximum atomic E-state index is 12.0. The summed E-state index contributed by atoms with van der Waals surface area (Å²) in [5.74, 6) is -0.350. The van der Waals surface area contributed by atoms with E-state index in [0.717, 1.165) is 6.42 Å². The Labute approximate surface area is 113 Å². The van der Waals surface area contributed by atoms with Crippen molar-refractivity contribution in [3.63, 3.8) is 0 Å². The topological polar surface area (TPSA) is 87.7 Å². The second-order valence-electron chi connectivity index (χ2n) is 5.04. The van der Waals surface area contributed by atoms with Gasteiger partial charge in [-0.1, -0.05) is 29.4 Å². The number of nitrogens with one attached hydrogen (secondary N) is 1. The van der Waals surface area contributed by atoms with Crippen LogP contribution in [0.2, 0.25) is 0 Å². The number of carbonyl (C=O) groups is 1. The minimum Gasteiger partial charge on any atom is -0.409 e. The van der Waals surface area contributed by atoms with Crippen molar-refractivity contribution in [1.29, 1.82) is 0 Å².